The van der Waals surface area contributed by atoms with E-state index in [0.717, 1.165) is 0 Å². The van der Waals surface area contributed by atoms with Crippen LogP contribution in [0.5, 0.6) is 5.75 Å². The highest BCUT2D eigenvalue weighted by Crippen LogP contribution is 2.25. The summed E-state index contributed by atoms with van der Waals surface area (Å²) < 4.78 is 18.3. The van der Waals surface area contributed by atoms with E-state index >= 15 is 0 Å². The van der Waals surface area contributed by atoms with Crippen LogP contribution < -0.4 is 4.74 Å². The number of rotatable bonds is 3. The first-order chi connectivity index (χ1) is 8.11. The predicted molar refractivity (Wildman–Crippen MR) is 68.4 cm³/mol. The standard InChI is InChI=1S/C12H8BrFO2S/c1-16-8-5-11(17-6-8)12(15)7-2-3-10(14)9(13)4-7/h2-6H,1H3. The molecule has 0 radical (unpaired) electrons. The van der Waals surface area contributed by atoms with Crippen molar-refractivity contribution in [2.75, 3.05) is 7.11 Å². The Bertz CT molecular complexity index is 565. The number of halogens is 2. The molecule has 0 unspecified atom stereocenters. The number of benzene rings is 1. The molecule has 2 nitrogen and oxygen atoms in total. The minimum atomic E-state index is -0.384. The maximum atomic E-state index is 13.0. The van der Waals surface area contributed by atoms with Gasteiger partial charge in [0.05, 0.1) is 16.5 Å². The molecule has 0 aliphatic carbocycles. The minimum Gasteiger partial charge on any atom is -0.496 e. The molecule has 5 heteroatoms. The third-order valence-electron chi connectivity index (χ3n) is 2.22. The van der Waals surface area contributed by atoms with E-state index in [-0.39, 0.29) is 16.1 Å². The first-order valence-corrected chi connectivity index (χ1v) is 6.41. The van der Waals surface area contributed by atoms with Crippen LogP contribution >= 0.6 is 27.3 Å². The topological polar surface area (TPSA) is 26.3 Å². The Balaban J connectivity index is 2.33. The van der Waals surface area contributed by atoms with Gasteiger partial charge in [0.25, 0.3) is 0 Å². The molecule has 17 heavy (non-hydrogen) atoms. The van der Waals surface area contributed by atoms with Crippen LogP contribution in [0.3, 0.4) is 0 Å². The van der Waals surface area contributed by atoms with Gasteiger partial charge in [-0.1, -0.05) is 0 Å². The Morgan fingerprint density at radius 2 is 2.18 bits per heavy atom. The van der Waals surface area contributed by atoms with Gasteiger partial charge in [0.1, 0.15) is 11.6 Å². The van der Waals surface area contributed by atoms with Gasteiger partial charge in [0.2, 0.25) is 5.78 Å². The van der Waals surface area contributed by atoms with Crippen LogP contribution in [-0.4, -0.2) is 12.9 Å². The van der Waals surface area contributed by atoms with Gasteiger partial charge < -0.3 is 4.74 Å². The average Bonchev–Trinajstić information content (AvgIpc) is 2.80. The summed E-state index contributed by atoms with van der Waals surface area (Å²) in [4.78, 5) is 12.6. The molecule has 0 spiro atoms. The molecule has 2 aromatic rings. The molecule has 1 heterocycles. The fourth-order valence-electron chi connectivity index (χ4n) is 1.32. The third kappa shape index (κ3) is 2.56. The van der Waals surface area contributed by atoms with E-state index in [1.807, 2.05) is 0 Å². The number of carbonyl (C=O) groups is 1. The smallest absolute Gasteiger partial charge is 0.203 e. The number of hydrogen-bond acceptors (Lipinski definition) is 3. The Labute approximate surface area is 110 Å². The molecule has 1 aromatic carbocycles. The molecule has 0 bridgehead atoms. The summed E-state index contributed by atoms with van der Waals surface area (Å²) in [6.45, 7) is 0. The van der Waals surface area contributed by atoms with E-state index in [0.29, 0.717) is 16.2 Å². The van der Waals surface area contributed by atoms with E-state index in [9.17, 15) is 9.18 Å². The Kier molecular flexibility index (Phi) is 3.59. The van der Waals surface area contributed by atoms with E-state index in [1.165, 1.54) is 29.5 Å². The lowest BCUT2D eigenvalue weighted by atomic mass is 10.1. The summed E-state index contributed by atoms with van der Waals surface area (Å²) >= 11 is 4.36. The zero-order valence-corrected chi connectivity index (χ0v) is 11.3. The molecular formula is C12H8BrFO2S. The molecule has 0 atom stereocenters. The summed E-state index contributed by atoms with van der Waals surface area (Å²) in [5.41, 5.74) is 0.447. The lowest BCUT2D eigenvalue weighted by Gasteiger charge is -2.00. The molecule has 0 N–H and O–H groups in total. The van der Waals surface area contributed by atoms with Gasteiger partial charge in [-0.2, -0.15) is 0 Å². The molecule has 0 amide bonds. The van der Waals surface area contributed by atoms with Crippen LogP contribution in [0.15, 0.2) is 34.1 Å². The van der Waals surface area contributed by atoms with Crippen molar-refractivity contribution in [2.45, 2.75) is 0 Å². The molecule has 88 valence electrons. The lowest BCUT2D eigenvalue weighted by Crippen LogP contribution is -1.98. The van der Waals surface area contributed by atoms with Gasteiger partial charge in [-0.15, -0.1) is 11.3 Å². The quantitative estimate of drug-likeness (QED) is 0.803. The summed E-state index contributed by atoms with van der Waals surface area (Å²) in [6.07, 6.45) is 0. The van der Waals surface area contributed by atoms with Crippen molar-refractivity contribution < 1.29 is 13.9 Å². The molecule has 0 fully saturated rings. The second kappa shape index (κ2) is 4.98. The van der Waals surface area contributed by atoms with Gasteiger partial charge >= 0.3 is 0 Å². The summed E-state index contributed by atoms with van der Waals surface area (Å²) in [5.74, 6) is 0.129. The maximum absolute atomic E-state index is 13.0. The highest BCUT2D eigenvalue weighted by Gasteiger charge is 2.13. The van der Waals surface area contributed by atoms with Crippen molar-refractivity contribution in [1.29, 1.82) is 0 Å². The van der Waals surface area contributed by atoms with Gasteiger partial charge in [-0.3, -0.25) is 4.79 Å². The van der Waals surface area contributed by atoms with Gasteiger partial charge in [-0.05, 0) is 34.1 Å². The highest BCUT2D eigenvalue weighted by atomic mass is 79.9. The zero-order valence-electron chi connectivity index (χ0n) is 8.87. The zero-order chi connectivity index (χ0) is 12.4. The van der Waals surface area contributed by atoms with Crippen molar-refractivity contribution in [2.24, 2.45) is 0 Å². The minimum absolute atomic E-state index is 0.140. The Morgan fingerprint density at radius 1 is 1.41 bits per heavy atom. The van der Waals surface area contributed by atoms with E-state index in [4.69, 9.17) is 4.74 Å². The van der Waals surface area contributed by atoms with Crippen LogP contribution in [0.25, 0.3) is 0 Å². The second-order valence-electron chi connectivity index (χ2n) is 3.31. The van der Waals surface area contributed by atoms with Gasteiger partial charge in [0, 0.05) is 17.0 Å². The normalized spacial score (nSPS) is 10.3. The summed E-state index contributed by atoms with van der Waals surface area (Å²) in [7, 11) is 1.55. The van der Waals surface area contributed by atoms with Crippen molar-refractivity contribution in [3.05, 3.63) is 50.4 Å². The van der Waals surface area contributed by atoms with E-state index in [1.54, 1.807) is 18.6 Å². The van der Waals surface area contributed by atoms with Gasteiger partial charge in [0.15, 0.2) is 0 Å². The Hall–Kier alpha value is -1.20. The van der Waals surface area contributed by atoms with Crippen LogP contribution in [0.2, 0.25) is 0 Å². The Morgan fingerprint density at radius 3 is 2.76 bits per heavy atom. The third-order valence-corrected chi connectivity index (χ3v) is 3.73. The molecule has 0 saturated carbocycles. The number of thiophene rings is 1. The van der Waals surface area contributed by atoms with Crippen LogP contribution in [-0.2, 0) is 0 Å². The molecule has 0 aliphatic heterocycles. The van der Waals surface area contributed by atoms with Crippen molar-refractivity contribution >= 4 is 33.0 Å². The molecular weight excluding hydrogens is 307 g/mol. The predicted octanol–water partition coefficient (Wildman–Crippen LogP) is 3.89. The van der Waals surface area contributed by atoms with Crippen molar-refractivity contribution in [1.82, 2.24) is 0 Å². The first-order valence-electron chi connectivity index (χ1n) is 4.74. The second-order valence-corrected chi connectivity index (χ2v) is 5.07. The number of methoxy groups -OCH3 is 1. The lowest BCUT2D eigenvalue weighted by molar-refractivity contribution is 0.104. The molecule has 1 aromatic heterocycles. The number of ether oxygens (including phenoxy) is 1. The number of ketones is 1. The first kappa shape index (κ1) is 12.3. The van der Waals surface area contributed by atoms with Gasteiger partial charge in [-0.25, -0.2) is 4.39 Å². The van der Waals surface area contributed by atoms with Crippen LogP contribution in [0.4, 0.5) is 4.39 Å². The largest absolute Gasteiger partial charge is 0.496 e. The van der Waals surface area contributed by atoms with Crippen LogP contribution in [0, 0.1) is 5.82 Å². The molecule has 0 saturated heterocycles. The number of hydrogen-bond donors (Lipinski definition) is 0. The maximum Gasteiger partial charge on any atom is 0.203 e. The summed E-state index contributed by atoms with van der Waals surface area (Å²) in [5, 5.41) is 1.76. The summed E-state index contributed by atoms with van der Waals surface area (Å²) in [6, 6.07) is 5.88. The number of carbonyl (C=O) groups excluding carboxylic acids is 1. The van der Waals surface area contributed by atoms with Crippen LogP contribution in [0.1, 0.15) is 15.2 Å². The SMILES string of the molecule is COc1csc(C(=O)c2ccc(F)c(Br)c2)c1. The van der Waals surface area contributed by atoms with Crippen molar-refractivity contribution in [3.63, 3.8) is 0 Å². The average molecular weight is 315 g/mol. The fourth-order valence-corrected chi connectivity index (χ4v) is 2.52. The highest BCUT2D eigenvalue weighted by molar-refractivity contribution is 9.10. The molecule has 0 aliphatic rings. The van der Waals surface area contributed by atoms with Crippen molar-refractivity contribution in [3.8, 4) is 5.75 Å². The fraction of sp³-hybridized carbons (Fsp3) is 0.0833. The molecule has 2 rings (SSSR count). The van der Waals surface area contributed by atoms with E-state index in [2.05, 4.69) is 15.9 Å². The van der Waals surface area contributed by atoms with E-state index < -0.39 is 0 Å². The monoisotopic (exact) mass is 314 g/mol.